The van der Waals surface area contributed by atoms with Crippen molar-refractivity contribution in [3.63, 3.8) is 0 Å². The van der Waals surface area contributed by atoms with Crippen molar-refractivity contribution < 1.29 is 13.9 Å². The molecule has 0 heterocycles. The number of hydrogen-bond acceptors (Lipinski definition) is 1. The van der Waals surface area contributed by atoms with Crippen LogP contribution in [0.5, 0.6) is 5.75 Å². The van der Waals surface area contributed by atoms with Crippen LogP contribution in [-0.2, 0) is 12.8 Å². The van der Waals surface area contributed by atoms with E-state index < -0.39 is 5.82 Å². The van der Waals surface area contributed by atoms with Crippen LogP contribution in [0.15, 0.2) is 66.7 Å². The van der Waals surface area contributed by atoms with Crippen LogP contribution >= 0.6 is 0 Å². The molecule has 0 saturated heterocycles. The lowest BCUT2D eigenvalue weighted by Crippen LogP contribution is -2.29. The fourth-order valence-corrected chi connectivity index (χ4v) is 4.83. The number of rotatable bonds is 4. The largest absolute Gasteiger partial charge is 0.505 e. The Hall–Kier alpha value is -2.68. The Kier molecular flexibility index (Phi) is 5.17. The Morgan fingerprint density at radius 3 is 2.43 bits per heavy atom. The van der Waals surface area contributed by atoms with Gasteiger partial charge in [-0.05, 0) is 71.0 Å². The Bertz CT molecular complexity index is 982. The van der Waals surface area contributed by atoms with Gasteiger partial charge in [0.25, 0.3) is 0 Å². The van der Waals surface area contributed by atoms with E-state index in [1.807, 2.05) is 30.3 Å². The van der Waals surface area contributed by atoms with Gasteiger partial charge in [-0.15, -0.1) is 0 Å². The van der Waals surface area contributed by atoms with Gasteiger partial charge < -0.3 is 5.11 Å². The maximum absolute atomic E-state index is 14.4. The minimum absolute atomic E-state index is 0.131. The molecule has 4 rings (SSSR count). The molecule has 3 atom stereocenters. The molecule has 0 fully saturated rings. The second kappa shape index (κ2) is 7.75. The molecular weight excluding hydrogens is 354 g/mol. The molecule has 3 unspecified atom stereocenters. The van der Waals surface area contributed by atoms with Crippen LogP contribution in [0.4, 0.5) is 8.78 Å². The first kappa shape index (κ1) is 18.7. The highest BCUT2D eigenvalue weighted by Crippen LogP contribution is 2.48. The van der Waals surface area contributed by atoms with E-state index in [4.69, 9.17) is 0 Å². The van der Waals surface area contributed by atoms with Crippen LogP contribution in [0.25, 0.3) is 0 Å². The summed E-state index contributed by atoms with van der Waals surface area (Å²) < 4.78 is 28.5. The van der Waals surface area contributed by atoms with Crippen LogP contribution in [0.2, 0.25) is 0 Å². The third-order valence-corrected chi connectivity index (χ3v) is 6.20. The maximum Gasteiger partial charge on any atom is 0.165 e. The maximum atomic E-state index is 14.4. The fourth-order valence-electron chi connectivity index (χ4n) is 4.83. The van der Waals surface area contributed by atoms with Crippen molar-refractivity contribution in [3.05, 3.63) is 101 Å². The van der Waals surface area contributed by atoms with Gasteiger partial charge in [0.2, 0.25) is 0 Å². The normalized spacial score (nSPS) is 21.3. The van der Waals surface area contributed by atoms with Gasteiger partial charge in [-0.3, -0.25) is 0 Å². The zero-order chi connectivity index (χ0) is 19.7. The van der Waals surface area contributed by atoms with E-state index in [0.717, 1.165) is 24.0 Å². The third kappa shape index (κ3) is 3.42. The second-order valence-electron chi connectivity index (χ2n) is 7.69. The summed E-state index contributed by atoms with van der Waals surface area (Å²) in [5.74, 6) is -0.528. The minimum Gasteiger partial charge on any atom is -0.505 e. The summed E-state index contributed by atoms with van der Waals surface area (Å²) in [4.78, 5) is 0. The number of aromatic hydroxyl groups is 1. The molecule has 0 spiro atoms. The van der Waals surface area contributed by atoms with Gasteiger partial charge in [-0.2, -0.15) is 0 Å². The van der Waals surface area contributed by atoms with Gasteiger partial charge in [-0.1, -0.05) is 61.9 Å². The van der Waals surface area contributed by atoms with Crippen molar-refractivity contribution in [2.24, 2.45) is 5.92 Å². The van der Waals surface area contributed by atoms with Crippen molar-refractivity contribution in [1.82, 2.24) is 0 Å². The van der Waals surface area contributed by atoms with Crippen molar-refractivity contribution in [2.45, 2.75) is 38.0 Å². The summed E-state index contributed by atoms with van der Waals surface area (Å²) in [7, 11) is 0. The third-order valence-electron chi connectivity index (χ3n) is 6.20. The average molecular weight is 378 g/mol. The zero-order valence-electron chi connectivity index (χ0n) is 15.9. The molecule has 0 bridgehead atoms. The van der Waals surface area contributed by atoms with E-state index in [1.54, 1.807) is 6.07 Å². The molecule has 0 aliphatic heterocycles. The summed E-state index contributed by atoms with van der Waals surface area (Å²) >= 11 is 0. The summed E-state index contributed by atoms with van der Waals surface area (Å²) in [6.07, 6.45) is 2.37. The summed E-state index contributed by atoms with van der Waals surface area (Å²) in [6.45, 7) is 2.15. The van der Waals surface area contributed by atoms with Crippen LogP contribution in [0, 0.1) is 17.6 Å². The zero-order valence-corrected chi connectivity index (χ0v) is 15.9. The molecule has 0 saturated carbocycles. The van der Waals surface area contributed by atoms with Gasteiger partial charge in [0.05, 0.1) is 0 Å². The molecule has 1 aliphatic rings. The van der Waals surface area contributed by atoms with Crippen LogP contribution in [0.1, 0.15) is 47.4 Å². The van der Waals surface area contributed by atoms with E-state index in [-0.39, 0.29) is 29.3 Å². The number of hydrogen-bond donors (Lipinski definition) is 1. The standard InChI is InChI=1S/C25H24F2O/c1-2-19-21(17-11-12-25(28)24(27)15-17)13-16-7-3-5-9-20(16)22(19)14-18-8-4-6-10-23(18)26/h3-12,15,19,21-22,28H,2,13-14H2,1H3. The Balaban J connectivity index is 1.78. The molecule has 0 amide bonds. The van der Waals surface area contributed by atoms with Crippen molar-refractivity contribution in [2.75, 3.05) is 0 Å². The first-order valence-corrected chi connectivity index (χ1v) is 9.88. The van der Waals surface area contributed by atoms with Crippen molar-refractivity contribution in [3.8, 4) is 5.75 Å². The lowest BCUT2D eigenvalue weighted by molar-refractivity contribution is 0.309. The highest BCUT2D eigenvalue weighted by molar-refractivity contribution is 5.41. The van der Waals surface area contributed by atoms with Gasteiger partial charge >= 0.3 is 0 Å². The second-order valence-corrected chi connectivity index (χ2v) is 7.69. The van der Waals surface area contributed by atoms with E-state index in [2.05, 4.69) is 19.1 Å². The van der Waals surface area contributed by atoms with Gasteiger partial charge in [0, 0.05) is 0 Å². The summed E-state index contributed by atoms with van der Waals surface area (Å²) in [5.41, 5.74) is 4.13. The predicted molar refractivity (Wildman–Crippen MR) is 108 cm³/mol. The van der Waals surface area contributed by atoms with E-state index in [0.29, 0.717) is 6.42 Å². The Morgan fingerprint density at radius 2 is 1.68 bits per heavy atom. The van der Waals surface area contributed by atoms with Gasteiger partial charge in [-0.25, -0.2) is 8.78 Å². The topological polar surface area (TPSA) is 20.2 Å². The first-order valence-electron chi connectivity index (χ1n) is 9.88. The summed E-state index contributed by atoms with van der Waals surface area (Å²) in [5, 5.41) is 9.58. The molecule has 1 nitrogen and oxygen atoms in total. The van der Waals surface area contributed by atoms with E-state index in [1.165, 1.54) is 29.3 Å². The fraction of sp³-hybridized carbons (Fsp3) is 0.280. The van der Waals surface area contributed by atoms with Crippen LogP contribution < -0.4 is 0 Å². The smallest absolute Gasteiger partial charge is 0.165 e. The molecule has 3 aromatic rings. The van der Waals surface area contributed by atoms with E-state index >= 15 is 0 Å². The SMILES string of the molecule is CCC1C(c2ccc(O)c(F)c2)Cc2ccccc2C1Cc1ccccc1F. The molecule has 1 N–H and O–H groups in total. The molecule has 28 heavy (non-hydrogen) atoms. The summed E-state index contributed by atoms with van der Waals surface area (Å²) in [6, 6.07) is 20.0. The van der Waals surface area contributed by atoms with Gasteiger partial charge in [0.15, 0.2) is 11.6 Å². The quantitative estimate of drug-likeness (QED) is 0.560. The Labute approximate surface area is 164 Å². The van der Waals surface area contributed by atoms with Crippen molar-refractivity contribution in [1.29, 1.82) is 0 Å². The number of benzene rings is 3. The molecule has 0 aromatic heterocycles. The monoisotopic (exact) mass is 378 g/mol. The molecule has 3 heteroatoms. The molecule has 0 radical (unpaired) electrons. The first-order chi connectivity index (χ1) is 13.6. The van der Waals surface area contributed by atoms with Crippen molar-refractivity contribution >= 4 is 0 Å². The molecular formula is C25H24F2O. The predicted octanol–water partition coefficient (Wildman–Crippen LogP) is 6.36. The molecule has 144 valence electrons. The number of halogens is 2. The van der Waals surface area contributed by atoms with Crippen LogP contribution in [0.3, 0.4) is 0 Å². The highest BCUT2D eigenvalue weighted by Gasteiger charge is 2.36. The number of phenols is 1. The molecule has 3 aromatic carbocycles. The van der Waals surface area contributed by atoms with Gasteiger partial charge in [0.1, 0.15) is 5.82 Å². The lowest BCUT2D eigenvalue weighted by atomic mass is 9.64. The number of fused-ring (bicyclic) bond motifs is 1. The average Bonchev–Trinajstić information content (AvgIpc) is 2.71. The number of phenolic OH excluding ortho intramolecular Hbond substituents is 1. The van der Waals surface area contributed by atoms with E-state index in [9.17, 15) is 13.9 Å². The lowest BCUT2D eigenvalue weighted by Gasteiger charge is -2.40. The molecule has 1 aliphatic carbocycles. The highest BCUT2D eigenvalue weighted by atomic mass is 19.1. The Morgan fingerprint density at radius 1 is 0.929 bits per heavy atom. The minimum atomic E-state index is -0.586. The van der Waals surface area contributed by atoms with Crippen LogP contribution in [-0.4, -0.2) is 5.11 Å².